The summed E-state index contributed by atoms with van der Waals surface area (Å²) in [6.07, 6.45) is -4.50. The van der Waals surface area contributed by atoms with E-state index in [1.165, 1.54) is 24.3 Å². The van der Waals surface area contributed by atoms with Crippen molar-refractivity contribution in [2.45, 2.75) is 10.4 Å². The molecule has 0 saturated heterocycles. The Morgan fingerprint density at radius 2 is 1.86 bits per heavy atom. The lowest BCUT2D eigenvalue weighted by Gasteiger charge is -2.08. The Morgan fingerprint density at radius 1 is 1.14 bits per heavy atom. The Labute approximate surface area is 129 Å². The summed E-state index contributed by atoms with van der Waals surface area (Å²) in [6, 6.07) is 7.90. The van der Waals surface area contributed by atoms with Gasteiger partial charge in [0.2, 0.25) is 0 Å². The highest BCUT2D eigenvalue weighted by atomic mass is 32.2. The maximum Gasteiger partial charge on any atom is 0.417 e. The molecule has 0 aliphatic heterocycles. The summed E-state index contributed by atoms with van der Waals surface area (Å²) in [7, 11) is -3.67. The van der Waals surface area contributed by atoms with Crippen LogP contribution in [-0.2, 0) is 16.2 Å². The minimum Gasteiger partial charge on any atom is -0.206 e. The zero-order valence-electron chi connectivity index (χ0n) is 11.0. The molecule has 3 nitrogen and oxygen atoms in total. The minimum absolute atomic E-state index is 0.130. The van der Waals surface area contributed by atoms with E-state index in [1.807, 2.05) is 0 Å². The van der Waals surface area contributed by atoms with E-state index in [0.717, 1.165) is 17.4 Å². The Morgan fingerprint density at radius 3 is 2.50 bits per heavy atom. The van der Waals surface area contributed by atoms with Gasteiger partial charge in [0, 0.05) is 5.56 Å². The van der Waals surface area contributed by atoms with E-state index in [9.17, 15) is 21.6 Å². The van der Waals surface area contributed by atoms with Crippen LogP contribution in [0.2, 0.25) is 0 Å². The van der Waals surface area contributed by atoms with Crippen molar-refractivity contribution < 1.29 is 21.6 Å². The van der Waals surface area contributed by atoms with Gasteiger partial charge in [-0.15, -0.1) is 11.3 Å². The predicted octanol–water partition coefficient (Wildman–Crippen LogP) is 3.10. The van der Waals surface area contributed by atoms with Crippen molar-refractivity contribution in [3.8, 4) is 11.8 Å². The van der Waals surface area contributed by atoms with Crippen LogP contribution >= 0.6 is 11.3 Å². The predicted molar refractivity (Wildman–Crippen MR) is 77.8 cm³/mol. The number of thiophene rings is 1. The fourth-order valence-electron chi connectivity index (χ4n) is 1.60. The van der Waals surface area contributed by atoms with Crippen LogP contribution in [0.4, 0.5) is 13.2 Å². The molecular weight excluding hydrogens is 335 g/mol. The fourth-order valence-corrected chi connectivity index (χ4v) is 3.56. The summed E-state index contributed by atoms with van der Waals surface area (Å²) in [5.74, 6) is 4.74. The molecule has 2 aromatic rings. The number of alkyl halides is 3. The quantitative estimate of drug-likeness (QED) is 0.869. The summed E-state index contributed by atoms with van der Waals surface area (Å²) in [5.41, 5.74) is -1.03. The number of hydrogen-bond donors (Lipinski definition) is 1. The van der Waals surface area contributed by atoms with Crippen LogP contribution in [0.5, 0.6) is 0 Å². The molecule has 22 heavy (non-hydrogen) atoms. The third kappa shape index (κ3) is 4.10. The zero-order valence-corrected chi connectivity index (χ0v) is 12.6. The Balaban J connectivity index is 2.10. The number of rotatable bonds is 3. The van der Waals surface area contributed by atoms with Gasteiger partial charge in [-0.25, -0.2) is 8.42 Å². The van der Waals surface area contributed by atoms with Gasteiger partial charge in [0.05, 0.1) is 12.1 Å². The first kappa shape index (κ1) is 16.5. The lowest BCUT2D eigenvalue weighted by Crippen LogP contribution is -2.23. The molecule has 0 atom stereocenters. The lowest BCUT2D eigenvalue weighted by molar-refractivity contribution is -0.137. The van der Waals surface area contributed by atoms with E-state index in [-0.39, 0.29) is 16.3 Å². The van der Waals surface area contributed by atoms with Crippen molar-refractivity contribution in [2.24, 2.45) is 0 Å². The Hall–Kier alpha value is -1.82. The first-order chi connectivity index (χ1) is 10.3. The van der Waals surface area contributed by atoms with Gasteiger partial charge in [0.1, 0.15) is 4.21 Å². The highest BCUT2D eigenvalue weighted by molar-refractivity contribution is 7.91. The molecule has 0 amide bonds. The standard InChI is InChI=1S/C14H10F3NO2S2/c15-14(16,17)12-7-2-1-5-11(12)6-3-9-18-22(19,20)13-8-4-10-21-13/h1-2,4-5,7-8,10,18H,9H2. The molecule has 1 aromatic heterocycles. The van der Waals surface area contributed by atoms with Crippen molar-refractivity contribution in [3.05, 3.63) is 52.9 Å². The van der Waals surface area contributed by atoms with Crippen molar-refractivity contribution in [2.75, 3.05) is 6.54 Å². The van der Waals surface area contributed by atoms with E-state index in [0.29, 0.717) is 0 Å². The molecule has 116 valence electrons. The fraction of sp³-hybridized carbons (Fsp3) is 0.143. The van der Waals surface area contributed by atoms with Crippen LogP contribution in [0.25, 0.3) is 0 Å². The summed E-state index contributed by atoms with van der Waals surface area (Å²) in [6.45, 7) is -0.271. The third-order valence-corrected chi connectivity index (χ3v) is 5.36. The molecule has 0 bridgehead atoms. The van der Waals surface area contributed by atoms with Crippen LogP contribution in [0, 0.1) is 11.8 Å². The number of hydrogen-bond acceptors (Lipinski definition) is 3. The maximum atomic E-state index is 12.8. The van der Waals surface area contributed by atoms with Crippen molar-refractivity contribution in [3.63, 3.8) is 0 Å². The van der Waals surface area contributed by atoms with Gasteiger partial charge >= 0.3 is 6.18 Å². The third-order valence-electron chi connectivity index (χ3n) is 2.57. The van der Waals surface area contributed by atoms with Crippen LogP contribution in [-0.4, -0.2) is 15.0 Å². The monoisotopic (exact) mass is 345 g/mol. The van der Waals surface area contributed by atoms with Crippen LogP contribution in [0.1, 0.15) is 11.1 Å². The summed E-state index contributed by atoms with van der Waals surface area (Å²) in [4.78, 5) is 0. The number of sulfonamides is 1. The molecule has 1 heterocycles. The van der Waals surface area contributed by atoms with Gasteiger partial charge in [0.25, 0.3) is 10.0 Å². The second kappa shape index (κ2) is 6.52. The van der Waals surface area contributed by atoms with E-state index < -0.39 is 21.8 Å². The maximum absolute atomic E-state index is 12.8. The average Bonchev–Trinajstić information content (AvgIpc) is 2.98. The van der Waals surface area contributed by atoms with Gasteiger partial charge in [-0.3, -0.25) is 0 Å². The van der Waals surface area contributed by atoms with E-state index in [4.69, 9.17) is 0 Å². The lowest BCUT2D eigenvalue weighted by atomic mass is 10.1. The van der Waals surface area contributed by atoms with E-state index >= 15 is 0 Å². The molecule has 0 unspecified atom stereocenters. The van der Waals surface area contributed by atoms with Gasteiger partial charge in [-0.05, 0) is 23.6 Å². The first-order valence-corrected chi connectivity index (χ1v) is 8.35. The molecule has 0 radical (unpaired) electrons. The minimum atomic E-state index is -4.50. The molecule has 0 aliphatic rings. The second-order valence-corrected chi connectivity index (χ2v) is 7.04. The molecular formula is C14H10F3NO2S2. The Kier molecular flexibility index (Phi) is 4.90. The Bertz CT molecular complexity index is 801. The molecule has 0 saturated carbocycles. The summed E-state index contributed by atoms with van der Waals surface area (Å²) >= 11 is 1.04. The molecule has 0 spiro atoms. The largest absolute Gasteiger partial charge is 0.417 e. The highest BCUT2D eigenvalue weighted by Gasteiger charge is 2.32. The smallest absolute Gasteiger partial charge is 0.206 e. The summed E-state index contributed by atoms with van der Waals surface area (Å²) in [5, 5.41) is 1.61. The number of halogens is 3. The van der Waals surface area contributed by atoms with E-state index in [2.05, 4.69) is 16.6 Å². The van der Waals surface area contributed by atoms with Gasteiger partial charge in [-0.2, -0.15) is 17.9 Å². The molecule has 0 fully saturated rings. The van der Waals surface area contributed by atoms with Gasteiger partial charge in [0.15, 0.2) is 0 Å². The van der Waals surface area contributed by atoms with Crippen LogP contribution in [0.3, 0.4) is 0 Å². The number of benzene rings is 1. The molecule has 1 aromatic carbocycles. The van der Waals surface area contributed by atoms with Crippen molar-refractivity contribution >= 4 is 21.4 Å². The van der Waals surface area contributed by atoms with Crippen molar-refractivity contribution in [1.82, 2.24) is 4.72 Å². The topological polar surface area (TPSA) is 46.2 Å². The molecule has 8 heteroatoms. The average molecular weight is 345 g/mol. The number of nitrogens with one attached hydrogen (secondary N) is 1. The summed E-state index contributed by atoms with van der Waals surface area (Å²) < 4.78 is 64.2. The molecule has 2 rings (SSSR count). The van der Waals surface area contributed by atoms with Gasteiger partial charge < -0.3 is 0 Å². The molecule has 0 aliphatic carbocycles. The van der Waals surface area contributed by atoms with Crippen LogP contribution < -0.4 is 4.72 Å². The molecule has 1 N–H and O–H groups in total. The zero-order chi connectivity index (χ0) is 16.2. The SMILES string of the molecule is O=S(=O)(NCC#Cc1ccccc1C(F)(F)F)c1cccs1. The highest BCUT2D eigenvalue weighted by Crippen LogP contribution is 2.31. The van der Waals surface area contributed by atoms with E-state index in [1.54, 1.807) is 11.4 Å². The first-order valence-electron chi connectivity index (χ1n) is 5.99. The van der Waals surface area contributed by atoms with Crippen LogP contribution in [0.15, 0.2) is 46.0 Å². The van der Waals surface area contributed by atoms with Crippen molar-refractivity contribution in [1.29, 1.82) is 0 Å². The second-order valence-electron chi connectivity index (χ2n) is 4.10. The van der Waals surface area contributed by atoms with Gasteiger partial charge in [-0.1, -0.05) is 30.0 Å². The normalized spacial score (nSPS) is 11.8.